The molecular formula is C18H20F3N3O4S. The van der Waals surface area contributed by atoms with Crippen molar-refractivity contribution in [2.24, 2.45) is 0 Å². The van der Waals surface area contributed by atoms with Crippen LogP contribution in [0.1, 0.15) is 31.2 Å². The lowest BCUT2D eigenvalue weighted by Crippen LogP contribution is -2.39. The molecule has 1 heterocycles. The van der Waals surface area contributed by atoms with Crippen LogP contribution in [0.4, 0.5) is 13.2 Å². The van der Waals surface area contributed by atoms with Gasteiger partial charge in [0.1, 0.15) is 6.10 Å². The lowest BCUT2D eigenvalue weighted by Gasteiger charge is -2.29. The summed E-state index contributed by atoms with van der Waals surface area (Å²) in [7, 11) is -2.43. The van der Waals surface area contributed by atoms with Crippen LogP contribution in [0, 0.1) is 0 Å². The van der Waals surface area contributed by atoms with E-state index in [9.17, 15) is 21.6 Å². The monoisotopic (exact) mass is 431 g/mol. The number of alkyl halides is 3. The van der Waals surface area contributed by atoms with Crippen LogP contribution in [-0.4, -0.2) is 37.6 Å². The van der Waals surface area contributed by atoms with Crippen molar-refractivity contribution in [3.05, 3.63) is 42.2 Å². The first-order valence-corrected chi connectivity index (χ1v) is 10.4. The van der Waals surface area contributed by atoms with Crippen molar-refractivity contribution in [3.63, 3.8) is 0 Å². The van der Waals surface area contributed by atoms with Gasteiger partial charge in [0.25, 0.3) is 0 Å². The van der Waals surface area contributed by atoms with Gasteiger partial charge in [0.15, 0.2) is 0 Å². The highest BCUT2D eigenvalue weighted by Crippen LogP contribution is 2.30. The number of methoxy groups -OCH3 is 1. The van der Waals surface area contributed by atoms with Crippen molar-refractivity contribution >= 4 is 10.0 Å². The van der Waals surface area contributed by atoms with Crippen molar-refractivity contribution < 1.29 is 31.1 Å². The topological polar surface area (TPSA) is 90.4 Å². The summed E-state index contributed by atoms with van der Waals surface area (Å²) in [5.74, 6) is 0.665. The molecule has 1 aliphatic carbocycles. The summed E-state index contributed by atoms with van der Waals surface area (Å²) in [5, 5.41) is 0. The van der Waals surface area contributed by atoms with E-state index in [2.05, 4.69) is 14.7 Å². The van der Waals surface area contributed by atoms with E-state index in [-0.39, 0.29) is 17.0 Å². The number of sulfonamides is 1. The van der Waals surface area contributed by atoms with Gasteiger partial charge in [-0.1, -0.05) is 0 Å². The molecule has 1 N–H and O–H groups in total. The Bertz CT molecular complexity index is 928. The van der Waals surface area contributed by atoms with Gasteiger partial charge in [-0.3, -0.25) is 4.98 Å². The van der Waals surface area contributed by atoms with Gasteiger partial charge in [0, 0.05) is 6.04 Å². The van der Waals surface area contributed by atoms with Crippen LogP contribution in [0.25, 0.3) is 0 Å². The molecule has 2 aromatic rings. The number of halogens is 3. The Morgan fingerprint density at radius 3 is 2.24 bits per heavy atom. The zero-order valence-electron chi connectivity index (χ0n) is 15.5. The van der Waals surface area contributed by atoms with Gasteiger partial charge in [-0.15, -0.1) is 0 Å². The molecule has 7 nitrogen and oxygen atoms in total. The predicted octanol–water partition coefficient (Wildman–Crippen LogP) is 3.17. The number of aromatic nitrogens is 2. The maximum atomic E-state index is 12.6. The molecule has 11 heteroatoms. The van der Waals surface area contributed by atoms with Crippen LogP contribution in [-0.2, 0) is 16.2 Å². The van der Waals surface area contributed by atoms with Crippen molar-refractivity contribution in [2.75, 3.05) is 7.11 Å². The van der Waals surface area contributed by atoms with Gasteiger partial charge in [-0.05, 0) is 49.9 Å². The van der Waals surface area contributed by atoms with Crippen LogP contribution >= 0.6 is 0 Å². The summed E-state index contributed by atoms with van der Waals surface area (Å²) < 4.78 is 76.1. The highest BCUT2D eigenvalue weighted by atomic mass is 32.2. The molecule has 29 heavy (non-hydrogen) atoms. The van der Waals surface area contributed by atoms with Crippen molar-refractivity contribution in [3.8, 4) is 11.8 Å². The molecule has 0 radical (unpaired) electrons. The standard InChI is InChI=1S/C18H20F3N3O4S/c1-27-16-10-22-11-17(23-16)28-14-6-4-13(5-7-14)24-29(25,26)15-8-2-12(3-9-15)18(19,20)21/h2-3,8-11,13-14,24H,4-7H2,1H3. The molecule has 1 aromatic carbocycles. The van der Waals surface area contributed by atoms with Crippen LogP contribution in [0.5, 0.6) is 11.8 Å². The zero-order chi connectivity index (χ0) is 21.1. The number of hydrogen-bond acceptors (Lipinski definition) is 6. The van der Waals surface area contributed by atoms with Crippen LogP contribution < -0.4 is 14.2 Å². The highest BCUT2D eigenvalue weighted by Gasteiger charge is 2.31. The lowest BCUT2D eigenvalue weighted by molar-refractivity contribution is -0.137. The number of hydrogen-bond donors (Lipinski definition) is 1. The maximum Gasteiger partial charge on any atom is 0.416 e. The van der Waals surface area contributed by atoms with E-state index < -0.39 is 21.8 Å². The Morgan fingerprint density at radius 2 is 1.66 bits per heavy atom. The number of benzene rings is 1. The van der Waals surface area contributed by atoms with E-state index >= 15 is 0 Å². The summed E-state index contributed by atoms with van der Waals surface area (Å²) in [5.41, 5.74) is -0.894. The van der Waals surface area contributed by atoms with E-state index in [4.69, 9.17) is 9.47 Å². The molecule has 3 rings (SSSR count). The fourth-order valence-electron chi connectivity index (χ4n) is 3.07. The Kier molecular flexibility index (Phi) is 6.27. The summed E-state index contributed by atoms with van der Waals surface area (Å²) in [6, 6.07) is 3.12. The summed E-state index contributed by atoms with van der Waals surface area (Å²) >= 11 is 0. The normalized spacial score (nSPS) is 20.3. The number of rotatable bonds is 6. The minimum atomic E-state index is -4.51. The fraction of sp³-hybridized carbons (Fsp3) is 0.444. The van der Waals surface area contributed by atoms with Crippen LogP contribution in [0.2, 0.25) is 0 Å². The molecule has 0 bridgehead atoms. The summed E-state index contributed by atoms with van der Waals surface area (Å²) in [4.78, 5) is 7.90. The largest absolute Gasteiger partial charge is 0.480 e. The first-order chi connectivity index (χ1) is 13.7. The molecule has 0 atom stereocenters. The average Bonchev–Trinajstić information content (AvgIpc) is 2.69. The SMILES string of the molecule is COc1cncc(OC2CCC(NS(=O)(=O)c3ccc(C(F)(F)F)cc3)CC2)n1. The Labute approximate surface area is 166 Å². The van der Waals surface area contributed by atoms with E-state index in [1.807, 2.05) is 0 Å². The second kappa shape index (κ2) is 8.54. The molecule has 1 saturated carbocycles. The molecule has 0 spiro atoms. The van der Waals surface area contributed by atoms with Gasteiger partial charge < -0.3 is 9.47 Å². The van der Waals surface area contributed by atoms with Gasteiger partial charge >= 0.3 is 6.18 Å². The van der Waals surface area contributed by atoms with Crippen LogP contribution in [0.15, 0.2) is 41.6 Å². The zero-order valence-corrected chi connectivity index (χ0v) is 16.3. The lowest BCUT2D eigenvalue weighted by atomic mass is 9.94. The van der Waals surface area contributed by atoms with Crippen molar-refractivity contribution in [1.29, 1.82) is 0 Å². The third kappa shape index (κ3) is 5.57. The van der Waals surface area contributed by atoms with Gasteiger partial charge in [-0.2, -0.15) is 18.2 Å². The summed E-state index contributed by atoms with van der Waals surface area (Å²) in [6.07, 6.45) is 0.536. The first kappa shape index (κ1) is 21.3. The molecule has 0 unspecified atom stereocenters. The Balaban J connectivity index is 1.55. The Hall–Kier alpha value is -2.40. The first-order valence-electron chi connectivity index (χ1n) is 8.89. The van der Waals surface area contributed by atoms with E-state index in [0.717, 1.165) is 24.3 Å². The third-order valence-electron chi connectivity index (χ3n) is 4.57. The van der Waals surface area contributed by atoms with Gasteiger partial charge in [0.05, 0.1) is 30.0 Å². The molecule has 0 aliphatic heterocycles. The van der Waals surface area contributed by atoms with E-state index in [0.29, 0.717) is 37.4 Å². The Morgan fingerprint density at radius 1 is 1.03 bits per heavy atom. The summed E-state index contributed by atoms with van der Waals surface area (Å²) in [6.45, 7) is 0. The van der Waals surface area contributed by atoms with Crippen molar-refractivity contribution in [2.45, 2.75) is 48.9 Å². The van der Waals surface area contributed by atoms with Crippen LogP contribution in [0.3, 0.4) is 0 Å². The number of nitrogens with zero attached hydrogens (tertiary/aromatic N) is 2. The molecule has 0 saturated heterocycles. The molecule has 158 valence electrons. The van der Waals surface area contributed by atoms with Crippen molar-refractivity contribution in [1.82, 2.24) is 14.7 Å². The second-order valence-corrected chi connectivity index (χ2v) is 8.35. The quantitative estimate of drug-likeness (QED) is 0.756. The van der Waals surface area contributed by atoms with Gasteiger partial charge in [-0.25, -0.2) is 13.1 Å². The minimum Gasteiger partial charge on any atom is -0.480 e. The third-order valence-corrected chi connectivity index (χ3v) is 6.11. The van der Waals surface area contributed by atoms with E-state index in [1.165, 1.54) is 19.5 Å². The molecule has 1 fully saturated rings. The minimum absolute atomic E-state index is 0.136. The fourth-order valence-corrected chi connectivity index (χ4v) is 4.37. The molecule has 1 aromatic heterocycles. The van der Waals surface area contributed by atoms with Gasteiger partial charge in [0.2, 0.25) is 21.8 Å². The van der Waals surface area contributed by atoms with E-state index in [1.54, 1.807) is 0 Å². The predicted molar refractivity (Wildman–Crippen MR) is 97.0 cm³/mol. The highest BCUT2D eigenvalue weighted by molar-refractivity contribution is 7.89. The number of ether oxygens (including phenoxy) is 2. The molecular weight excluding hydrogens is 411 g/mol. The number of nitrogens with one attached hydrogen (secondary N) is 1. The smallest absolute Gasteiger partial charge is 0.416 e. The maximum absolute atomic E-state index is 12.6. The average molecular weight is 431 g/mol. The molecule has 0 amide bonds. The second-order valence-electron chi connectivity index (χ2n) is 6.63. The molecule has 1 aliphatic rings.